The Bertz CT molecular complexity index is 2640. The van der Waals surface area contributed by atoms with Crippen molar-refractivity contribution in [3.63, 3.8) is 0 Å². The van der Waals surface area contributed by atoms with Gasteiger partial charge in [0.1, 0.15) is 11.2 Å². The van der Waals surface area contributed by atoms with Crippen LogP contribution in [0.2, 0.25) is 0 Å². The molecule has 0 fully saturated rings. The molecule has 0 spiro atoms. The number of hydrogen-bond acceptors (Lipinski definition) is 1. The average Bonchev–Trinajstić information content (AvgIpc) is 3.50. The van der Waals surface area contributed by atoms with Crippen LogP contribution in [0.5, 0.6) is 0 Å². The Hall–Kier alpha value is -5.92. The van der Waals surface area contributed by atoms with Crippen LogP contribution in [-0.4, -0.2) is 0 Å². The third-order valence-electron chi connectivity index (χ3n) is 8.78. The molecule has 0 aliphatic carbocycles. The minimum Gasteiger partial charge on any atom is -0.456 e. The summed E-state index contributed by atoms with van der Waals surface area (Å²) in [6, 6.07) is 51.4. The van der Waals surface area contributed by atoms with Crippen LogP contribution in [0, 0.1) is 0 Å². The minimum absolute atomic E-state index is 0.169. The summed E-state index contributed by atoms with van der Waals surface area (Å²) in [5.74, 6) is 0. The molecule has 0 radical (unpaired) electrons. The standard InChI is InChI=1S/C44H28O/c1-3-14-29(15-4-1)31-18-13-19-32(26-31)42-34-20-7-9-22-36(34)43(37-23-10-8-21-35(37)42)39-27-33(30-16-5-2-6-17-30)28-41-44(39)38-24-11-12-25-40(38)45-41/h1-28H/i18D,19D,26D. The summed E-state index contributed by atoms with van der Waals surface area (Å²) < 4.78 is 34.0. The van der Waals surface area contributed by atoms with Crippen molar-refractivity contribution in [2.75, 3.05) is 0 Å². The van der Waals surface area contributed by atoms with Crippen molar-refractivity contribution in [2.24, 2.45) is 0 Å². The van der Waals surface area contributed by atoms with Crippen LogP contribution in [0.25, 0.3) is 88.0 Å². The van der Waals surface area contributed by atoms with Crippen LogP contribution in [0.1, 0.15) is 4.11 Å². The lowest BCUT2D eigenvalue weighted by atomic mass is 9.83. The highest BCUT2D eigenvalue weighted by molar-refractivity contribution is 6.26. The molecule has 8 aromatic carbocycles. The summed E-state index contributed by atoms with van der Waals surface area (Å²) in [4.78, 5) is 0. The van der Waals surface area contributed by atoms with Crippen molar-refractivity contribution < 1.29 is 8.53 Å². The summed E-state index contributed by atoms with van der Waals surface area (Å²) in [6.07, 6.45) is 0. The summed E-state index contributed by atoms with van der Waals surface area (Å²) in [5.41, 5.74) is 8.67. The predicted molar refractivity (Wildman–Crippen MR) is 190 cm³/mol. The van der Waals surface area contributed by atoms with Gasteiger partial charge in [-0.1, -0.05) is 146 Å². The van der Waals surface area contributed by atoms with E-state index < -0.39 is 0 Å². The van der Waals surface area contributed by atoms with E-state index in [4.69, 9.17) is 7.16 Å². The predicted octanol–water partition coefficient (Wildman–Crippen LogP) is 12.6. The van der Waals surface area contributed by atoms with Crippen LogP contribution < -0.4 is 0 Å². The van der Waals surface area contributed by atoms with E-state index in [1.54, 1.807) is 6.07 Å². The molecule has 0 bridgehead atoms. The molecule has 0 aliphatic rings. The molecule has 0 saturated carbocycles. The summed E-state index contributed by atoms with van der Waals surface area (Å²) >= 11 is 0. The van der Waals surface area contributed by atoms with Crippen LogP contribution in [0.4, 0.5) is 0 Å². The Kier molecular flexibility index (Phi) is 5.20. The molecule has 0 aliphatic heterocycles. The van der Waals surface area contributed by atoms with Crippen molar-refractivity contribution in [1.29, 1.82) is 0 Å². The fourth-order valence-corrected chi connectivity index (χ4v) is 6.81. The topological polar surface area (TPSA) is 13.1 Å². The molecule has 1 nitrogen and oxygen atoms in total. The second kappa shape index (κ2) is 10.4. The van der Waals surface area contributed by atoms with E-state index in [9.17, 15) is 1.37 Å². The highest BCUT2D eigenvalue weighted by Gasteiger charge is 2.21. The normalized spacial score (nSPS) is 12.5. The fourth-order valence-electron chi connectivity index (χ4n) is 6.81. The first kappa shape index (κ1) is 22.6. The molecule has 0 N–H and O–H groups in total. The first-order chi connectivity index (χ1) is 23.6. The molecule has 0 saturated heterocycles. The van der Waals surface area contributed by atoms with E-state index in [0.717, 1.165) is 76.9 Å². The average molecular weight is 576 g/mol. The van der Waals surface area contributed by atoms with E-state index in [1.807, 2.05) is 60.7 Å². The van der Waals surface area contributed by atoms with Gasteiger partial charge in [-0.25, -0.2) is 0 Å². The molecule has 9 rings (SSSR count). The van der Waals surface area contributed by atoms with Crippen molar-refractivity contribution in [3.05, 3.63) is 170 Å². The van der Waals surface area contributed by atoms with Crippen LogP contribution in [0.3, 0.4) is 0 Å². The molecule has 9 aromatic rings. The zero-order chi connectivity index (χ0) is 32.4. The molecule has 0 atom stereocenters. The quantitative estimate of drug-likeness (QED) is 0.190. The van der Waals surface area contributed by atoms with Gasteiger partial charge in [0.15, 0.2) is 0 Å². The van der Waals surface area contributed by atoms with Gasteiger partial charge in [0, 0.05) is 10.8 Å². The van der Waals surface area contributed by atoms with Crippen molar-refractivity contribution in [2.45, 2.75) is 0 Å². The number of hydrogen-bond donors (Lipinski definition) is 0. The monoisotopic (exact) mass is 575 g/mol. The highest BCUT2D eigenvalue weighted by atomic mass is 16.3. The zero-order valence-electron chi connectivity index (χ0n) is 27.3. The van der Waals surface area contributed by atoms with Gasteiger partial charge in [-0.05, 0) is 90.3 Å². The van der Waals surface area contributed by atoms with Gasteiger partial charge in [-0.2, -0.15) is 0 Å². The Labute approximate surface area is 265 Å². The molecule has 0 unspecified atom stereocenters. The first-order valence-corrected chi connectivity index (χ1v) is 15.2. The number of furan rings is 1. The van der Waals surface area contributed by atoms with E-state index in [2.05, 4.69) is 84.9 Å². The minimum atomic E-state index is 0.169. The summed E-state index contributed by atoms with van der Waals surface area (Å²) in [5, 5.41) is 6.07. The second-order valence-corrected chi connectivity index (χ2v) is 11.4. The second-order valence-electron chi connectivity index (χ2n) is 11.4. The lowest BCUT2D eigenvalue weighted by Crippen LogP contribution is -1.92. The SMILES string of the molecule is [2H]c1cc([2H])c(-c2c3ccccc3c(-c3cc(-c4ccccc4)cc4oc5ccccc5c34)c3ccccc23)c([2H])c1-c1ccccc1. The fraction of sp³-hybridized carbons (Fsp3) is 0. The number of fused-ring (bicyclic) bond motifs is 5. The third-order valence-corrected chi connectivity index (χ3v) is 8.78. The molecule has 0 amide bonds. The van der Waals surface area contributed by atoms with Gasteiger partial charge in [0.2, 0.25) is 0 Å². The van der Waals surface area contributed by atoms with E-state index >= 15 is 0 Å². The Balaban J connectivity index is 1.44. The van der Waals surface area contributed by atoms with Gasteiger partial charge in [-0.15, -0.1) is 0 Å². The van der Waals surface area contributed by atoms with E-state index in [0.29, 0.717) is 11.1 Å². The third kappa shape index (κ3) is 4.17. The van der Waals surface area contributed by atoms with Gasteiger partial charge >= 0.3 is 0 Å². The van der Waals surface area contributed by atoms with Gasteiger partial charge in [0.25, 0.3) is 0 Å². The van der Waals surface area contributed by atoms with Crippen LogP contribution >= 0.6 is 0 Å². The maximum absolute atomic E-state index is 9.52. The lowest BCUT2D eigenvalue weighted by molar-refractivity contribution is 0.669. The number of rotatable bonds is 4. The molecule has 1 heteroatoms. The van der Waals surface area contributed by atoms with Gasteiger partial charge in [0.05, 0.1) is 4.11 Å². The largest absolute Gasteiger partial charge is 0.456 e. The maximum atomic E-state index is 9.52. The summed E-state index contributed by atoms with van der Waals surface area (Å²) in [6.45, 7) is 0. The van der Waals surface area contributed by atoms with E-state index in [-0.39, 0.29) is 18.1 Å². The van der Waals surface area contributed by atoms with E-state index in [1.165, 1.54) is 0 Å². The van der Waals surface area contributed by atoms with Crippen LogP contribution in [0.15, 0.2) is 174 Å². The van der Waals surface area contributed by atoms with Gasteiger partial charge in [-0.3, -0.25) is 0 Å². The molecule has 45 heavy (non-hydrogen) atoms. The van der Waals surface area contributed by atoms with Crippen molar-refractivity contribution in [3.8, 4) is 44.5 Å². The Morgan fingerprint density at radius 1 is 0.378 bits per heavy atom. The molecular weight excluding hydrogens is 544 g/mol. The highest BCUT2D eigenvalue weighted by Crippen LogP contribution is 2.48. The maximum Gasteiger partial charge on any atom is 0.136 e. The van der Waals surface area contributed by atoms with Crippen molar-refractivity contribution in [1.82, 2.24) is 0 Å². The zero-order valence-corrected chi connectivity index (χ0v) is 24.3. The Morgan fingerprint density at radius 3 is 1.53 bits per heavy atom. The van der Waals surface area contributed by atoms with Crippen molar-refractivity contribution >= 4 is 43.5 Å². The van der Waals surface area contributed by atoms with Crippen LogP contribution in [-0.2, 0) is 0 Å². The molecule has 210 valence electrons. The summed E-state index contributed by atoms with van der Waals surface area (Å²) in [7, 11) is 0. The van der Waals surface area contributed by atoms with Gasteiger partial charge < -0.3 is 4.42 Å². The Morgan fingerprint density at radius 2 is 0.889 bits per heavy atom. The first-order valence-electron chi connectivity index (χ1n) is 16.7. The smallest absolute Gasteiger partial charge is 0.136 e. The molecule has 1 heterocycles. The molecule has 1 aromatic heterocycles. The number of para-hydroxylation sites is 1. The number of benzene rings is 8. The lowest BCUT2D eigenvalue weighted by Gasteiger charge is -2.19. The molecular formula is C44H28O.